The third-order valence-corrected chi connectivity index (χ3v) is 2.17. The van der Waals surface area contributed by atoms with Gasteiger partial charge in [0.2, 0.25) is 0 Å². The minimum atomic E-state index is 1.17. The van der Waals surface area contributed by atoms with E-state index in [1.54, 1.807) is 0 Å². The molecule has 0 amide bonds. The van der Waals surface area contributed by atoms with E-state index in [2.05, 4.69) is 16.5 Å². The Morgan fingerprint density at radius 2 is 2.08 bits per heavy atom. The van der Waals surface area contributed by atoms with E-state index < -0.39 is 0 Å². The van der Waals surface area contributed by atoms with E-state index in [0.717, 1.165) is 0 Å². The van der Waals surface area contributed by atoms with Gasteiger partial charge in [-0.2, -0.15) is 0 Å². The van der Waals surface area contributed by atoms with Gasteiger partial charge in [-0.15, -0.1) is 0 Å². The molecular formula is C10H18N2. The summed E-state index contributed by atoms with van der Waals surface area (Å²) >= 11 is 0. The molecule has 12 heavy (non-hydrogen) atoms. The van der Waals surface area contributed by atoms with Crippen LogP contribution in [0.25, 0.3) is 0 Å². The lowest BCUT2D eigenvalue weighted by Gasteiger charge is -2.14. The zero-order valence-corrected chi connectivity index (χ0v) is 8.30. The first-order valence-corrected chi connectivity index (χ1v) is 4.89. The average molecular weight is 166 g/mol. The summed E-state index contributed by atoms with van der Waals surface area (Å²) in [5, 5.41) is 0. The lowest BCUT2D eigenvalue weighted by Crippen LogP contribution is -2.11. The van der Waals surface area contributed by atoms with Gasteiger partial charge in [-0.3, -0.25) is 0 Å². The predicted molar refractivity (Wildman–Crippen MR) is 51.3 cm³/mol. The topological polar surface area (TPSA) is 17.8 Å². The second-order valence-corrected chi connectivity index (χ2v) is 2.92. The van der Waals surface area contributed by atoms with Crippen molar-refractivity contribution in [1.29, 1.82) is 0 Å². The van der Waals surface area contributed by atoms with Crippen molar-refractivity contribution in [2.75, 3.05) is 0 Å². The second kappa shape index (κ2) is 4.29. The lowest BCUT2D eigenvalue weighted by molar-refractivity contribution is 0.514. The van der Waals surface area contributed by atoms with Crippen LogP contribution >= 0.6 is 0 Å². The number of hydrogen-bond acceptors (Lipinski definition) is 1. The van der Waals surface area contributed by atoms with Crippen molar-refractivity contribution in [3.05, 3.63) is 17.7 Å². The van der Waals surface area contributed by atoms with Crippen LogP contribution in [0.4, 0.5) is 0 Å². The zero-order chi connectivity index (χ0) is 8.97. The Labute approximate surface area is 74.6 Å². The third kappa shape index (κ3) is 1.68. The van der Waals surface area contributed by atoms with E-state index in [1.807, 2.05) is 20.0 Å². The smallest absolute Gasteiger partial charge is 0.108 e. The molecule has 0 bridgehead atoms. The summed E-state index contributed by atoms with van der Waals surface area (Å²) in [6, 6.07) is 0. The molecule has 0 N–H and O–H groups in total. The number of nitrogens with zero attached hydrogens (tertiary/aromatic N) is 2. The van der Waals surface area contributed by atoms with E-state index in [1.165, 1.54) is 37.3 Å². The predicted octanol–water partition coefficient (Wildman–Crippen LogP) is 2.55. The molecule has 1 aromatic heterocycles. The van der Waals surface area contributed by atoms with Crippen LogP contribution in [0.3, 0.4) is 0 Å². The van der Waals surface area contributed by atoms with Gasteiger partial charge in [0.1, 0.15) is 5.82 Å². The zero-order valence-electron chi connectivity index (χ0n) is 8.30. The summed E-state index contributed by atoms with van der Waals surface area (Å²) in [6.45, 7) is 7.31. The van der Waals surface area contributed by atoms with Gasteiger partial charge in [0, 0.05) is 24.9 Å². The number of imidazole rings is 1. The standard InChI is InChI=1S/C8H12N2.C2H6/c1-7-6-9-8-4-2-3-5-10(7)8;1-2/h6H,2-5H2,1H3;1-2H3. The van der Waals surface area contributed by atoms with Crippen molar-refractivity contribution in [1.82, 2.24) is 9.55 Å². The van der Waals surface area contributed by atoms with Crippen molar-refractivity contribution in [3.8, 4) is 0 Å². The van der Waals surface area contributed by atoms with Crippen LogP contribution in [-0.2, 0) is 13.0 Å². The Morgan fingerprint density at radius 1 is 1.33 bits per heavy atom. The Morgan fingerprint density at radius 3 is 2.75 bits per heavy atom. The van der Waals surface area contributed by atoms with Gasteiger partial charge in [0.05, 0.1) is 0 Å². The highest BCUT2D eigenvalue weighted by Gasteiger charge is 2.10. The van der Waals surface area contributed by atoms with Crippen LogP contribution in [0.15, 0.2) is 6.20 Å². The first-order chi connectivity index (χ1) is 5.88. The molecule has 1 aliphatic heterocycles. The molecule has 0 aromatic carbocycles. The summed E-state index contributed by atoms with van der Waals surface area (Å²) in [6.07, 6.45) is 5.79. The Bertz CT molecular complexity index is 238. The molecule has 1 aromatic rings. The van der Waals surface area contributed by atoms with Crippen molar-refractivity contribution in [2.24, 2.45) is 0 Å². The molecule has 68 valence electrons. The van der Waals surface area contributed by atoms with Gasteiger partial charge in [-0.1, -0.05) is 13.8 Å². The Kier molecular flexibility index (Phi) is 3.32. The molecule has 0 fully saturated rings. The molecule has 1 aliphatic rings. The molecule has 0 saturated heterocycles. The maximum absolute atomic E-state index is 4.32. The molecular weight excluding hydrogens is 148 g/mol. The van der Waals surface area contributed by atoms with Gasteiger partial charge in [0.25, 0.3) is 0 Å². The summed E-state index contributed by atoms with van der Waals surface area (Å²) in [4.78, 5) is 4.32. The van der Waals surface area contributed by atoms with Crippen molar-refractivity contribution in [3.63, 3.8) is 0 Å². The fraction of sp³-hybridized carbons (Fsp3) is 0.700. The minimum Gasteiger partial charge on any atom is -0.332 e. The third-order valence-electron chi connectivity index (χ3n) is 2.17. The van der Waals surface area contributed by atoms with E-state index in [9.17, 15) is 0 Å². The fourth-order valence-corrected chi connectivity index (χ4v) is 1.57. The minimum absolute atomic E-state index is 1.17. The van der Waals surface area contributed by atoms with Gasteiger partial charge >= 0.3 is 0 Å². The first-order valence-electron chi connectivity index (χ1n) is 4.89. The van der Waals surface area contributed by atoms with Gasteiger partial charge in [-0.05, 0) is 19.8 Å². The monoisotopic (exact) mass is 166 g/mol. The SMILES string of the molecule is CC.Cc1cnc2n1CCCC2. The first kappa shape index (κ1) is 9.30. The van der Waals surface area contributed by atoms with E-state index >= 15 is 0 Å². The molecule has 0 unspecified atom stereocenters. The van der Waals surface area contributed by atoms with Crippen molar-refractivity contribution >= 4 is 0 Å². The molecule has 2 heteroatoms. The van der Waals surface area contributed by atoms with Crippen LogP contribution in [-0.4, -0.2) is 9.55 Å². The van der Waals surface area contributed by atoms with Gasteiger partial charge in [-0.25, -0.2) is 4.98 Å². The molecule has 0 spiro atoms. The number of hydrogen-bond donors (Lipinski definition) is 0. The number of fused-ring (bicyclic) bond motifs is 1. The van der Waals surface area contributed by atoms with Crippen molar-refractivity contribution < 1.29 is 0 Å². The maximum Gasteiger partial charge on any atom is 0.108 e. The van der Waals surface area contributed by atoms with E-state index in [-0.39, 0.29) is 0 Å². The average Bonchev–Trinajstić information content (AvgIpc) is 2.53. The molecule has 2 nitrogen and oxygen atoms in total. The molecule has 0 radical (unpaired) electrons. The Balaban J connectivity index is 0.000000336. The summed E-state index contributed by atoms with van der Waals surface area (Å²) < 4.78 is 2.32. The molecule has 2 rings (SSSR count). The van der Waals surface area contributed by atoms with Crippen molar-refractivity contribution in [2.45, 2.75) is 46.6 Å². The van der Waals surface area contributed by atoms with Crippen LogP contribution < -0.4 is 0 Å². The molecule has 0 saturated carbocycles. The highest BCUT2D eigenvalue weighted by atomic mass is 15.1. The van der Waals surface area contributed by atoms with E-state index in [0.29, 0.717) is 0 Å². The highest BCUT2D eigenvalue weighted by Crippen LogP contribution is 2.14. The number of rotatable bonds is 0. The maximum atomic E-state index is 4.32. The Hall–Kier alpha value is -0.790. The van der Waals surface area contributed by atoms with Crippen LogP contribution in [0.1, 0.15) is 38.2 Å². The fourth-order valence-electron chi connectivity index (χ4n) is 1.57. The van der Waals surface area contributed by atoms with E-state index in [4.69, 9.17) is 0 Å². The second-order valence-electron chi connectivity index (χ2n) is 2.92. The van der Waals surface area contributed by atoms with Gasteiger partial charge < -0.3 is 4.57 Å². The largest absolute Gasteiger partial charge is 0.332 e. The van der Waals surface area contributed by atoms with Gasteiger partial charge in [0.15, 0.2) is 0 Å². The van der Waals surface area contributed by atoms with Crippen LogP contribution in [0.5, 0.6) is 0 Å². The lowest BCUT2D eigenvalue weighted by atomic mass is 10.2. The molecule has 0 aliphatic carbocycles. The number of aromatic nitrogens is 2. The summed E-state index contributed by atoms with van der Waals surface area (Å²) in [7, 11) is 0. The highest BCUT2D eigenvalue weighted by molar-refractivity contribution is 5.04. The number of aryl methyl sites for hydroxylation is 2. The quantitative estimate of drug-likeness (QED) is 0.579. The summed E-state index contributed by atoms with van der Waals surface area (Å²) in [5.41, 5.74) is 1.31. The molecule has 2 heterocycles. The van der Waals surface area contributed by atoms with Crippen LogP contribution in [0.2, 0.25) is 0 Å². The molecule has 0 atom stereocenters. The normalized spacial score (nSPS) is 14.6. The summed E-state index contributed by atoms with van der Waals surface area (Å²) in [5.74, 6) is 1.28. The van der Waals surface area contributed by atoms with Crippen LogP contribution in [0, 0.1) is 6.92 Å².